The molecule has 2 aromatic heterocycles. The number of likely N-dealkylation sites (tertiary alicyclic amines) is 2. The number of nitrogens with zero attached hydrogens (tertiary/aromatic N) is 4. The van der Waals surface area contributed by atoms with Crippen LogP contribution in [0.3, 0.4) is 0 Å². The minimum atomic E-state index is -0.755. The Kier molecular flexibility index (Phi) is 11.9. The zero-order chi connectivity index (χ0) is 44.0. The molecular weight excluding hydrogens is 793 g/mol. The number of amides is 4. The van der Waals surface area contributed by atoms with Crippen LogP contribution in [0.15, 0.2) is 48.7 Å². The number of hydrogen-bond donors (Lipinski definition) is 4. The highest BCUT2D eigenvalue weighted by atomic mass is 16.5. The van der Waals surface area contributed by atoms with E-state index in [4.69, 9.17) is 28.9 Å². The number of imidazole rings is 2. The third-order valence-electron chi connectivity index (χ3n) is 12.7. The summed E-state index contributed by atoms with van der Waals surface area (Å²) in [6.45, 7) is 11.0. The number of alkyl carbamates (subject to hydrolysis) is 2. The van der Waals surface area contributed by atoms with Gasteiger partial charge in [-0.05, 0) is 84.4 Å². The molecule has 0 aliphatic carbocycles. The molecule has 0 spiro atoms. The summed E-state index contributed by atoms with van der Waals surface area (Å²) in [5, 5.41) is 7.41. The monoisotopic (exact) mass is 848 g/mol. The Bertz CT molecular complexity index is 2510. The second-order valence-corrected chi connectivity index (χ2v) is 17.5. The minimum absolute atomic E-state index is 0.0301. The van der Waals surface area contributed by atoms with E-state index >= 15 is 0 Å². The van der Waals surface area contributed by atoms with Crippen molar-refractivity contribution in [2.75, 3.05) is 34.5 Å². The molecule has 5 heterocycles. The van der Waals surface area contributed by atoms with E-state index in [0.717, 1.165) is 68.3 Å². The molecule has 1 unspecified atom stereocenters. The van der Waals surface area contributed by atoms with Gasteiger partial charge in [-0.15, -0.1) is 0 Å². The number of H-pyrrole nitrogens is 2. The molecule has 4 N–H and O–H groups in total. The number of hydrogen-bond acceptors (Lipinski definition) is 10. The lowest BCUT2D eigenvalue weighted by molar-refractivity contribution is -0.137. The second kappa shape index (κ2) is 17.3. The number of aromatic nitrogens is 4. The van der Waals surface area contributed by atoms with Gasteiger partial charge in [-0.1, -0.05) is 45.9 Å². The van der Waals surface area contributed by atoms with Crippen LogP contribution in [-0.2, 0) is 30.4 Å². The van der Waals surface area contributed by atoms with Crippen LogP contribution in [-0.4, -0.2) is 106 Å². The van der Waals surface area contributed by atoms with Gasteiger partial charge in [-0.25, -0.2) is 19.6 Å². The summed E-state index contributed by atoms with van der Waals surface area (Å²) in [5.41, 5.74) is 6.50. The lowest BCUT2D eigenvalue weighted by Gasteiger charge is -2.32. The van der Waals surface area contributed by atoms with Gasteiger partial charge in [0.1, 0.15) is 36.1 Å². The molecule has 4 amide bonds. The number of carbonyl (C=O) groups excluding carboxylic acids is 4. The molecule has 2 fully saturated rings. The maximum atomic E-state index is 14.0. The number of benzene rings is 3. The normalized spacial score (nSPS) is 20.5. The van der Waals surface area contributed by atoms with Crippen molar-refractivity contribution < 1.29 is 38.1 Å². The van der Waals surface area contributed by atoms with Crippen LogP contribution in [0, 0.1) is 17.8 Å². The van der Waals surface area contributed by atoms with Gasteiger partial charge in [0.05, 0.1) is 55.8 Å². The van der Waals surface area contributed by atoms with Crippen molar-refractivity contribution in [2.45, 2.75) is 90.7 Å². The number of methoxy groups -OCH3 is 3. The Hall–Kier alpha value is -6.16. The fraction of sp³-hybridized carbons (Fsp3) is 0.478. The van der Waals surface area contributed by atoms with E-state index in [1.165, 1.54) is 14.2 Å². The van der Waals surface area contributed by atoms with Crippen molar-refractivity contribution in [2.24, 2.45) is 17.8 Å². The zero-order valence-corrected chi connectivity index (χ0v) is 36.5. The molecule has 3 aromatic carbocycles. The Morgan fingerprint density at radius 3 is 2.27 bits per heavy atom. The van der Waals surface area contributed by atoms with E-state index < -0.39 is 24.3 Å². The van der Waals surface area contributed by atoms with Gasteiger partial charge >= 0.3 is 12.2 Å². The van der Waals surface area contributed by atoms with Gasteiger partial charge in [0.15, 0.2) is 0 Å². The molecule has 2 saturated heterocycles. The molecule has 0 bridgehead atoms. The molecule has 16 heteroatoms. The standard InChI is InChI=1S/C46H56N8O8/c1-23(2)38(51-45(57)60-7)43(55)53-20-26(21-59-6)15-36(53)41-47-19-34(49-41)28-10-12-30-29(16-28)22-62-37-18-31-27(17-32(30)37)11-13-33-40(31)50-42(48-33)35-14-9-25(5)54(35)44(56)39(24(3)4)52-46(58)61-8/h10-13,16-19,23-26,35-36,38-39H,9,14-15,20-22H2,1-8H3,(H,47,49)(H,48,50)(H,51,57)(H,52,58)/t25-,26-,35-,36-,38?,39-/m0/s1. The van der Waals surface area contributed by atoms with Crippen LogP contribution in [0.25, 0.3) is 44.2 Å². The van der Waals surface area contributed by atoms with E-state index in [1.807, 2.05) is 45.6 Å². The first-order valence-electron chi connectivity index (χ1n) is 21.4. The average molecular weight is 849 g/mol. The molecular formula is C46H56N8O8. The SMILES string of the molecule is COC[C@H]1C[C@@H](c2ncc(-c3ccc4c(c3)COc3cc5c(ccc6[nH]c([C@@H]7CC[C@H](C)N7C(=O)[C@@H](NC(=O)OC)C(C)C)nc65)cc3-4)[nH]2)N(C(=O)C(NC(=O)OC)C(C)C)C1. The summed E-state index contributed by atoms with van der Waals surface area (Å²) < 4.78 is 21.6. The Labute approximate surface area is 360 Å². The zero-order valence-electron chi connectivity index (χ0n) is 36.5. The van der Waals surface area contributed by atoms with Gasteiger partial charge in [0.25, 0.3) is 0 Å². The van der Waals surface area contributed by atoms with E-state index in [2.05, 4.69) is 57.0 Å². The van der Waals surface area contributed by atoms with Crippen molar-refractivity contribution in [3.05, 3.63) is 65.9 Å². The van der Waals surface area contributed by atoms with E-state index in [1.54, 1.807) is 18.2 Å². The predicted molar refractivity (Wildman–Crippen MR) is 232 cm³/mol. The van der Waals surface area contributed by atoms with Crippen molar-refractivity contribution in [3.63, 3.8) is 0 Å². The average Bonchev–Trinajstić information content (AvgIpc) is 4.09. The summed E-state index contributed by atoms with van der Waals surface area (Å²) in [7, 11) is 4.23. The lowest BCUT2D eigenvalue weighted by Crippen LogP contribution is -2.52. The van der Waals surface area contributed by atoms with Crippen LogP contribution in [0.2, 0.25) is 0 Å². The second-order valence-electron chi connectivity index (χ2n) is 17.5. The van der Waals surface area contributed by atoms with Crippen molar-refractivity contribution in [3.8, 4) is 28.1 Å². The summed E-state index contributed by atoms with van der Waals surface area (Å²) >= 11 is 0. The van der Waals surface area contributed by atoms with Crippen molar-refractivity contribution in [1.29, 1.82) is 0 Å². The summed E-state index contributed by atoms with van der Waals surface area (Å²) in [4.78, 5) is 72.8. The quantitative estimate of drug-likeness (QED) is 0.107. The number of rotatable bonds is 11. The highest BCUT2D eigenvalue weighted by Crippen LogP contribution is 2.44. The van der Waals surface area contributed by atoms with Crippen molar-refractivity contribution >= 4 is 45.8 Å². The van der Waals surface area contributed by atoms with Crippen LogP contribution in [0.4, 0.5) is 9.59 Å². The van der Waals surface area contributed by atoms with Gasteiger partial charge in [0, 0.05) is 36.6 Å². The molecule has 328 valence electrons. The first-order chi connectivity index (χ1) is 29.8. The van der Waals surface area contributed by atoms with Gasteiger partial charge in [-0.2, -0.15) is 0 Å². The van der Waals surface area contributed by atoms with Crippen LogP contribution in [0.1, 0.15) is 83.2 Å². The minimum Gasteiger partial charge on any atom is -0.488 e. The van der Waals surface area contributed by atoms with Crippen LogP contribution >= 0.6 is 0 Å². The third kappa shape index (κ3) is 7.91. The fourth-order valence-corrected chi connectivity index (χ4v) is 9.43. The van der Waals surface area contributed by atoms with Gasteiger partial charge in [0.2, 0.25) is 11.8 Å². The first kappa shape index (κ1) is 42.5. The maximum absolute atomic E-state index is 14.0. The lowest BCUT2D eigenvalue weighted by atomic mass is 9.92. The van der Waals surface area contributed by atoms with E-state index in [-0.39, 0.29) is 47.7 Å². The molecule has 0 saturated carbocycles. The Morgan fingerprint density at radius 1 is 0.855 bits per heavy atom. The highest BCUT2D eigenvalue weighted by molar-refractivity contribution is 6.07. The Balaban J connectivity index is 1.05. The number of aromatic amines is 2. The number of fused-ring (bicyclic) bond motifs is 6. The third-order valence-corrected chi connectivity index (χ3v) is 12.7. The molecule has 62 heavy (non-hydrogen) atoms. The molecule has 3 aliphatic rings. The fourth-order valence-electron chi connectivity index (χ4n) is 9.43. The largest absolute Gasteiger partial charge is 0.488 e. The van der Waals surface area contributed by atoms with Gasteiger partial charge in [-0.3, -0.25) is 9.59 Å². The summed E-state index contributed by atoms with van der Waals surface area (Å²) in [6.07, 6.45) is 2.73. The van der Waals surface area contributed by atoms with Crippen LogP contribution < -0.4 is 15.4 Å². The molecule has 16 nitrogen and oxygen atoms in total. The van der Waals surface area contributed by atoms with Crippen LogP contribution in [0.5, 0.6) is 5.75 Å². The predicted octanol–water partition coefficient (Wildman–Crippen LogP) is 7.01. The molecule has 0 radical (unpaired) electrons. The molecule has 3 aliphatic heterocycles. The summed E-state index contributed by atoms with van der Waals surface area (Å²) in [6, 6.07) is 12.5. The molecule has 6 atom stereocenters. The topological polar surface area (TPSA) is 193 Å². The summed E-state index contributed by atoms with van der Waals surface area (Å²) in [5.74, 6) is 1.61. The first-order valence-corrected chi connectivity index (χ1v) is 21.4. The number of ether oxygens (including phenoxy) is 4. The van der Waals surface area contributed by atoms with E-state index in [9.17, 15) is 19.2 Å². The highest BCUT2D eigenvalue weighted by Gasteiger charge is 2.43. The number of carbonyl (C=O) groups is 4. The maximum Gasteiger partial charge on any atom is 0.407 e. The number of nitrogens with one attached hydrogen (secondary N) is 4. The molecule has 8 rings (SSSR count). The van der Waals surface area contributed by atoms with E-state index in [0.29, 0.717) is 37.8 Å². The van der Waals surface area contributed by atoms with Gasteiger partial charge < -0.3 is 49.3 Å². The molecule has 5 aromatic rings. The van der Waals surface area contributed by atoms with Crippen molar-refractivity contribution in [1.82, 2.24) is 40.4 Å². The Morgan fingerprint density at radius 2 is 1.58 bits per heavy atom. The smallest absolute Gasteiger partial charge is 0.407 e.